The Bertz CT molecular complexity index is 1780. The summed E-state index contributed by atoms with van der Waals surface area (Å²) < 4.78 is 22.9. The molecule has 1 aromatic carbocycles. The zero-order valence-corrected chi connectivity index (χ0v) is 19.0. The van der Waals surface area contributed by atoms with E-state index in [2.05, 4.69) is 9.97 Å². The van der Waals surface area contributed by atoms with Gasteiger partial charge in [0.05, 0.1) is 46.8 Å². The first kappa shape index (κ1) is 21.2. The van der Waals surface area contributed by atoms with Crippen molar-refractivity contribution in [2.24, 2.45) is 14.1 Å². The second-order valence-electron chi connectivity index (χ2n) is 7.32. The van der Waals surface area contributed by atoms with Crippen molar-refractivity contribution in [1.29, 1.82) is 0 Å². The molecule has 0 spiro atoms. The highest BCUT2D eigenvalue weighted by molar-refractivity contribution is 7.22. The molecule has 0 bridgehead atoms. The highest BCUT2D eigenvalue weighted by atomic mass is 35.5. The number of ether oxygens (including phenoxy) is 1. The summed E-state index contributed by atoms with van der Waals surface area (Å²) in [6, 6.07) is 4.16. The van der Waals surface area contributed by atoms with E-state index in [1.165, 1.54) is 34.7 Å². The van der Waals surface area contributed by atoms with Crippen LogP contribution in [-0.2, 0) is 14.1 Å². The van der Waals surface area contributed by atoms with Crippen LogP contribution in [0.25, 0.3) is 37.4 Å². The van der Waals surface area contributed by atoms with Gasteiger partial charge in [0.2, 0.25) is 0 Å². The molecule has 0 aliphatic carbocycles. The number of aromatic amines is 1. The van der Waals surface area contributed by atoms with Crippen LogP contribution in [0.4, 0.5) is 4.39 Å². The predicted octanol–water partition coefficient (Wildman–Crippen LogP) is 2.79. The Morgan fingerprint density at radius 3 is 2.61 bits per heavy atom. The van der Waals surface area contributed by atoms with Gasteiger partial charge < -0.3 is 9.72 Å². The Labute approximate surface area is 192 Å². The summed E-state index contributed by atoms with van der Waals surface area (Å²) in [7, 11) is 4.47. The fourth-order valence-corrected chi connectivity index (χ4v) is 5.22. The summed E-state index contributed by atoms with van der Waals surface area (Å²) in [5.41, 5.74) is 0.224. The number of imidazole rings is 1. The normalized spacial score (nSPS) is 11.5. The Kier molecular flexibility index (Phi) is 4.76. The summed E-state index contributed by atoms with van der Waals surface area (Å²) in [6.07, 6.45) is 2.85. The second-order valence-corrected chi connectivity index (χ2v) is 8.78. The molecule has 0 aliphatic rings. The number of nitrogens with zero attached hydrogens (tertiary/aromatic N) is 4. The average molecular weight is 488 g/mol. The molecule has 0 unspecified atom stereocenters. The Hall–Kier alpha value is -3.70. The first-order valence-electron chi connectivity index (χ1n) is 9.55. The van der Waals surface area contributed by atoms with Gasteiger partial charge in [0.25, 0.3) is 5.56 Å². The monoisotopic (exact) mass is 487 g/mol. The predicted molar refractivity (Wildman–Crippen MR) is 125 cm³/mol. The molecule has 0 atom stereocenters. The van der Waals surface area contributed by atoms with Crippen molar-refractivity contribution in [2.45, 2.75) is 0 Å². The molecule has 0 fully saturated rings. The van der Waals surface area contributed by atoms with E-state index in [1.807, 2.05) is 0 Å². The number of aromatic nitrogens is 5. The zero-order chi connectivity index (χ0) is 23.6. The van der Waals surface area contributed by atoms with Gasteiger partial charge in [-0.05, 0) is 18.2 Å². The highest BCUT2D eigenvalue weighted by Gasteiger charge is 2.20. The van der Waals surface area contributed by atoms with Gasteiger partial charge in [-0.1, -0.05) is 11.6 Å². The van der Waals surface area contributed by atoms with E-state index >= 15 is 0 Å². The molecule has 5 aromatic rings. The van der Waals surface area contributed by atoms with E-state index in [9.17, 15) is 18.8 Å². The molecule has 0 amide bonds. The van der Waals surface area contributed by atoms with Crippen LogP contribution in [0, 0.1) is 5.82 Å². The third-order valence-electron chi connectivity index (χ3n) is 5.47. The van der Waals surface area contributed by atoms with Crippen LogP contribution in [0.5, 0.6) is 5.75 Å². The molecule has 168 valence electrons. The largest absolute Gasteiger partial charge is 0.494 e. The van der Waals surface area contributed by atoms with Gasteiger partial charge >= 0.3 is 11.4 Å². The quantitative estimate of drug-likeness (QED) is 0.421. The number of methoxy groups -OCH3 is 1. The van der Waals surface area contributed by atoms with Crippen LogP contribution in [0.15, 0.2) is 45.0 Å². The van der Waals surface area contributed by atoms with Crippen molar-refractivity contribution < 1.29 is 9.13 Å². The molecule has 0 saturated heterocycles. The Balaban J connectivity index is 1.80. The number of benzene rings is 1. The molecule has 9 nitrogen and oxygen atoms in total. The number of halogens is 2. The number of fused-ring (bicyclic) bond motifs is 2. The van der Waals surface area contributed by atoms with E-state index in [4.69, 9.17) is 16.3 Å². The van der Waals surface area contributed by atoms with Crippen LogP contribution in [-0.4, -0.2) is 30.8 Å². The molecule has 0 saturated carbocycles. The number of pyridine rings is 1. The van der Waals surface area contributed by atoms with Gasteiger partial charge in [-0.25, -0.2) is 18.5 Å². The molecule has 0 aliphatic heterocycles. The molecule has 0 radical (unpaired) electrons. The third kappa shape index (κ3) is 3.04. The number of rotatable bonds is 3. The maximum absolute atomic E-state index is 14.0. The summed E-state index contributed by atoms with van der Waals surface area (Å²) in [5, 5.41) is 0.135. The van der Waals surface area contributed by atoms with Gasteiger partial charge in [0.15, 0.2) is 11.6 Å². The highest BCUT2D eigenvalue weighted by Crippen LogP contribution is 2.38. The molecule has 33 heavy (non-hydrogen) atoms. The summed E-state index contributed by atoms with van der Waals surface area (Å²) in [4.78, 5) is 46.1. The molecule has 12 heteroatoms. The number of H-pyrrole nitrogens is 1. The van der Waals surface area contributed by atoms with Gasteiger partial charge in [0.1, 0.15) is 4.70 Å². The maximum atomic E-state index is 14.0. The minimum absolute atomic E-state index is 0.000470. The van der Waals surface area contributed by atoms with Gasteiger partial charge in [-0.3, -0.25) is 18.9 Å². The lowest BCUT2D eigenvalue weighted by molar-refractivity contribution is 0.387. The minimum Gasteiger partial charge on any atom is -0.494 e. The number of nitrogens with one attached hydrogen (secondary N) is 1. The van der Waals surface area contributed by atoms with Crippen molar-refractivity contribution in [3.8, 4) is 21.9 Å². The summed E-state index contributed by atoms with van der Waals surface area (Å²) in [5.74, 6) is -0.613. The van der Waals surface area contributed by atoms with E-state index in [0.29, 0.717) is 27.0 Å². The second kappa shape index (κ2) is 7.42. The smallest absolute Gasteiger partial charge is 0.333 e. The van der Waals surface area contributed by atoms with Crippen LogP contribution in [0.1, 0.15) is 0 Å². The topological polar surface area (TPSA) is 104 Å². The Morgan fingerprint density at radius 1 is 1.12 bits per heavy atom. The lowest BCUT2D eigenvalue weighted by atomic mass is 10.1. The molecule has 5 rings (SSSR count). The van der Waals surface area contributed by atoms with Crippen LogP contribution in [0.2, 0.25) is 5.02 Å². The molecular weight excluding hydrogens is 473 g/mol. The van der Waals surface area contributed by atoms with Gasteiger partial charge in [0, 0.05) is 24.5 Å². The molecular formula is C21H15ClFN5O4S. The average Bonchev–Trinajstić information content (AvgIpc) is 3.30. The number of thiophene rings is 1. The number of hydrogen-bond acceptors (Lipinski definition) is 6. The van der Waals surface area contributed by atoms with E-state index < -0.39 is 17.1 Å². The van der Waals surface area contributed by atoms with Crippen LogP contribution in [0.3, 0.4) is 0 Å². The van der Waals surface area contributed by atoms with Gasteiger partial charge in [-0.15, -0.1) is 11.3 Å². The van der Waals surface area contributed by atoms with Gasteiger partial charge in [-0.2, -0.15) is 0 Å². The summed E-state index contributed by atoms with van der Waals surface area (Å²) in [6.45, 7) is 0. The number of hydrogen-bond donors (Lipinski definition) is 1. The van der Waals surface area contributed by atoms with Crippen molar-refractivity contribution in [3.63, 3.8) is 0 Å². The standard InChI is InChI=1S/C21H15ClFN5O4S/c1-26-13-7-24-8-14(17(13)27(2)21(26)31)28-19(29)18-12(25-20(28)30)6-16(33-18)9-4-15(32-3)11(23)5-10(9)22/h4-8H,1-3H3,(H,25,30). The molecule has 4 aromatic heterocycles. The SMILES string of the molecule is COc1cc(-c2cc3[nH]c(=O)n(-c4cncc5c4n(C)c(=O)n5C)c(=O)c3s2)c(Cl)cc1F. The summed E-state index contributed by atoms with van der Waals surface area (Å²) >= 11 is 7.32. The Morgan fingerprint density at radius 2 is 1.88 bits per heavy atom. The van der Waals surface area contributed by atoms with Crippen molar-refractivity contribution in [2.75, 3.05) is 7.11 Å². The van der Waals surface area contributed by atoms with Crippen LogP contribution < -0.4 is 21.7 Å². The lowest BCUT2D eigenvalue weighted by Gasteiger charge is -2.07. The third-order valence-corrected chi connectivity index (χ3v) is 6.94. The first-order valence-corrected chi connectivity index (χ1v) is 10.7. The first-order chi connectivity index (χ1) is 15.7. The fraction of sp³-hybridized carbons (Fsp3) is 0.143. The van der Waals surface area contributed by atoms with Crippen molar-refractivity contribution in [1.82, 2.24) is 23.7 Å². The molecule has 4 heterocycles. The molecule has 1 N–H and O–H groups in total. The van der Waals surface area contributed by atoms with Crippen molar-refractivity contribution in [3.05, 3.63) is 72.8 Å². The maximum Gasteiger partial charge on any atom is 0.333 e. The van der Waals surface area contributed by atoms with Crippen molar-refractivity contribution >= 4 is 44.2 Å². The fourth-order valence-electron chi connectivity index (χ4n) is 3.84. The van der Waals surface area contributed by atoms with E-state index in [1.54, 1.807) is 20.2 Å². The minimum atomic E-state index is -0.690. The zero-order valence-electron chi connectivity index (χ0n) is 17.5. The van der Waals surface area contributed by atoms with Crippen LogP contribution >= 0.6 is 22.9 Å². The van der Waals surface area contributed by atoms with E-state index in [0.717, 1.165) is 22.0 Å². The lowest BCUT2D eigenvalue weighted by Crippen LogP contribution is -2.33. The number of aryl methyl sites for hydroxylation is 2. The van der Waals surface area contributed by atoms with E-state index in [-0.39, 0.29) is 26.8 Å².